The first-order chi connectivity index (χ1) is 12.3. The molecule has 1 saturated carbocycles. The fraction of sp³-hybridized carbons (Fsp3) is 0.235. The third-order valence-corrected chi connectivity index (χ3v) is 4.26. The Labute approximate surface area is 142 Å². The number of methoxy groups -OCH3 is 1. The lowest BCUT2D eigenvalue weighted by molar-refractivity contribution is 0.397. The van der Waals surface area contributed by atoms with Crippen LogP contribution in [0, 0.1) is 0 Å². The van der Waals surface area contributed by atoms with Crippen LogP contribution in [0.3, 0.4) is 0 Å². The highest BCUT2D eigenvalue weighted by molar-refractivity contribution is 5.82. The van der Waals surface area contributed by atoms with Gasteiger partial charge in [-0.3, -0.25) is 0 Å². The summed E-state index contributed by atoms with van der Waals surface area (Å²) in [6, 6.07) is 1.91. The third-order valence-electron chi connectivity index (χ3n) is 4.26. The molecule has 4 aromatic heterocycles. The molecule has 1 N–H and O–H groups in total. The summed E-state index contributed by atoms with van der Waals surface area (Å²) in [6.07, 6.45) is 8.67. The molecule has 25 heavy (non-hydrogen) atoms. The summed E-state index contributed by atoms with van der Waals surface area (Å²) in [6.45, 7) is 0. The van der Waals surface area contributed by atoms with Crippen molar-refractivity contribution in [2.24, 2.45) is 0 Å². The van der Waals surface area contributed by atoms with Gasteiger partial charge in [0.15, 0.2) is 5.82 Å². The Morgan fingerprint density at radius 2 is 2.12 bits per heavy atom. The van der Waals surface area contributed by atoms with E-state index in [9.17, 15) is 0 Å². The van der Waals surface area contributed by atoms with Crippen LogP contribution in [-0.2, 0) is 0 Å². The second-order valence-electron chi connectivity index (χ2n) is 5.94. The van der Waals surface area contributed by atoms with E-state index in [4.69, 9.17) is 9.15 Å². The number of hydrogen-bond acceptors (Lipinski definition) is 7. The Kier molecular flexibility index (Phi) is 3.03. The Bertz CT molecular complexity index is 1050. The number of ether oxygens (including phenoxy) is 1. The number of hydrogen-bond donors (Lipinski definition) is 1. The van der Waals surface area contributed by atoms with Crippen LogP contribution in [0.4, 0.5) is 0 Å². The molecule has 0 atom stereocenters. The molecule has 124 valence electrons. The Morgan fingerprint density at radius 1 is 1.20 bits per heavy atom. The van der Waals surface area contributed by atoms with Crippen LogP contribution in [-0.4, -0.2) is 37.0 Å². The maximum atomic E-state index is 5.43. The fourth-order valence-electron chi connectivity index (χ4n) is 2.92. The smallest absolute Gasteiger partial charge is 0.242 e. The lowest BCUT2D eigenvalue weighted by Gasteiger charge is -2.10. The zero-order valence-corrected chi connectivity index (χ0v) is 13.4. The zero-order chi connectivity index (χ0) is 16.8. The quantitative estimate of drug-likeness (QED) is 0.612. The Morgan fingerprint density at radius 3 is 2.88 bits per heavy atom. The van der Waals surface area contributed by atoms with E-state index in [-0.39, 0.29) is 0 Å². The second-order valence-corrected chi connectivity index (χ2v) is 5.94. The highest BCUT2D eigenvalue weighted by atomic mass is 16.5. The minimum Gasteiger partial charge on any atom is -0.480 e. The molecule has 0 saturated heterocycles. The molecule has 0 aromatic carbocycles. The molecule has 8 nitrogen and oxygen atoms in total. The normalized spacial score (nSPS) is 14.1. The first-order valence-electron chi connectivity index (χ1n) is 7.98. The predicted molar refractivity (Wildman–Crippen MR) is 88.9 cm³/mol. The molecular weight excluding hydrogens is 320 g/mol. The van der Waals surface area contributed by atoms with E-state index in [0.717, 1.165) is 35.2 Å². The SMILES string of the molecule is COc1ncnc(C2CC2)c1-c1ncc2cc(-c3ncco3)[nH]c2n1. The standard InChI is InChI=1S/C17H14N6O2/c1-24-17-12(13(9-2-3-9)20-8-21-17)15-19-7-10-6-11(22-14(10)23-15)16-18-4-5-25-16/h4-9H,2-3H2,1H3,(H,19,22,23). The molecule has 0 bridgehead atoms. The summed E-state index contributed by atoms with van der Waals surface area (Å²) < 4.78 is 10.8. The van der Waals surface area contributed by atoms with Gasteiger partial charge in [0.25, 0.3) is 0 Å². The van der Waals surface area contributed by atoms with Crippen molar-refractivity contribution >= 4 is 11.0 Å². The number of nitrogens with zero attached hydrogens (tertiary/aromatic N) is 5. The number of rotatable bonds is 4. The Balaban J connectivity index is 1.66. The summed E-state index contributed by atoms with van der Waals surface area (Å²) in [7, 11) is 1.59. The number of H-pyrrole nitrogens is 1. The average Bonchev–Trinajstić information content (AvgIpc) is 3.18. The van der Waals surface area contributed by atoms with Gasteiger partial charge >= 0.3 is 0 Å². The summed E-state index contributed by atoms with van der Waals surface area (Å²) in [4.78, 5) is 25.2. The lowest BCUT2D eigenvalue weighted by atomic mass is 10.1. The van der Waals surface area contributed by atoms with E-state index in [1.54, 1.807) is 19.5 Å². The van der Waals surface area contributed by atoms with Crippen molar-refractivity contribution in [2.45, 2.75) is 18.8 Å². The van der Waals surface area contributed by atoms with Gasteiger partial charge in [0, 0.05) is 17.5 Å². The molecular formula is C17H14N6O2. The van der Waals surface area contributed by atoms with E-state index in [1.807, 2.05) is 6.07 Å². The zero-order valence-electron chi connectivity index (χ0n) is 13.4. The molecule has 0 radical (unpaired) electrons. The number of fused-ring (bicyclic) bond motifs is 1. The number of nitrogens with one attached hydrogen (secondary N) is 1. The molecule has 0 amide bonds. The van der Waals surface area contributed by atoms with E-state index < -0.39 is 0 Å². The van der Waals surface area contributed by atoms with Crippen LogP contribution in [0.5, 0.6) is 5.88 Å². The van der Waals surface area contributed by atoms with Crippen molar-refractivity contribution in [1.29, 1.82) is 0 Å². The monoisotopic (exact) mass is 334 g/mol. The Hall–Kier alpha value is -3.29. The second kappa shape index (κ2) is 5.37. The first-order valence-corrected chi connectivity index (χ1v) is 7.98. The van der Waals surface area contributed by atoms with Crippen molar-refractivity contribution in [2.75, 3.05) is 7.11 Å². The van der Waals surface area contributed by atoms with Gasteiger partial charge in [-0.05, 0) is 18.9 Å². The average molecular weight is 334 g/mol. The van der Waals surface area contributed by atoms with Crippen molar-refractivity contribution in [1.82, 2.24) is 29.9 Å². The number of oxazole rings is 1. The van der Waals surface area contributed by atoms with Crippen LogP contribution in [0.1, 0.15) is 24.5 Å². The van der Waals surface area contributed by atoms with Crippen molar-refractivity contribution < 1.29 is 9.15 Å². The summed E-state index contributed by atoms with van der Waals surface area (Å²) in [5, 5.41) is 0.876. The molecule has 0 aliphatic heterocycles. The van der Waals surface area contributed by atoms with Gasteiger partial charge in [0.1, 0.15) is 29.5 Å². The van der Waals surface area contributed by atoms with Gasteiger partial charge < -0.3 is 14.1 Å². The first kappa shape index (κ1) is 14.1. The molecule has 0 unspecified atom stereocenters. The van der Waals surface area contributed by atoms with Gasteiger partial charge in [-0.25, -0.2) is 24.9 Å². The van der Waals surface area contributed by atoms with Gasteiger partial charge in [-0.1, -0.05) is 0 Å². The van der Waals surface area contributed by atoms with E-state index in [1.165, 1.54) is 12.6 Å². The highest BCUT2D eigenvalue weighted by Crippen LogP contribution is 2.44. The van der Waals surface area contributed by atoms with Crippen LogP contribution in [0.25, 0.3) is 34.0 Å². The maximum absolute atomic E-state index is 5.43. The topological polar surface area (TPSA) is 103 Å². The van der Waals surface area contributed by atoms with E-state index in [0.29, 0.717) is 29.2 Å². The van der Waals surface area contributed by atoms with E-state index >= 15 is 0 Å². The van der Waals surface area contributed by atoms with Crippen LogP contribution in [0.15, 0.2) is 35.5 Å². The van der Waals surface area contributed by atoms with Crippen molar-refractivity contribution in [3.8, 4) is 28.9 Å². The van der Waals surface area contributed by atoms with Gasteiger partial charge in [-0.2, -0.15) is 0 Å². The maximum Gasteiger partial charge on any atom is 0.242 e. The molecule has 1 aliphatic rings. The van der Waals surface area contributed by atoms with Crippen LogP contribution >= 0.6 is 0 Å². The molecule has 1 fully saturated rings. The van der Waals surface area contributed by atoms with Gasteiger partial charge in [-0.15, -0.1) is 0 Å². The van der Waals surface area contributed by atoms with Gasteiger partial charge in [0.2, 0.25) is 11.8 Å². The summed E-state index contributed by atoms with van der Waals surface area (Å²) in [5.74, 6) is 1.99. The molecule has 0 spiro atoms. The van der Waals surface area contributed by atoms with Crippen molar-refractivity contribution in [3.63, 3.8) is 0 Å². The lowest BCUT2D eigenvalue weighted by Crippen LogP contribution is -2.02. The van der Waals surface area contributed by atoms with Crippen LogP contribution < -0.4 is 4.74 Å². The minimum absolute atomic E-state index is 0.428. The highest BCUT2D eigenvalue weighted by Gasteiger charge is 2.31. The minimum atomic E-state index is 0.428. The number of aromatic amines is 1. The summed E-state index contributed by atoms with van der Waals surface area (Å²) in [5.41, 5.74) is 3.17. The predicted octanol–water partition coefficient (Wildman–Crippen LogP) is 2.96. The fourth-order valence-corrected chi connectivity index (χ4v) is 2.92. The molecule has 1 aliphatic carbocycles. The third kappa shape index (κ3) is 2.34. The molecule has 5 rings (SSSR count). The van der Waals surface area contributed by atoms with Crippen molar-refractivity contribution in [3.05, 3.63) is 36.7 Å². The van der Waals surface area contributed by atoms with Gasteiger partial charge in [0.05, 0.1) is 19.0 Å². The van der Waals surface area contributed by atoms with Crippen LogP contribution in [0.2, 0.25) is 0 Å². The summed E-state index contributed by atoms with van der Waals surface area (Å²) >= 11 is 0. The molecule has 4 heterocycles. The molecule has 4 aromatic rings. The largest absolute Gasteiger partial charge is 0.480 e. The molecule has 8 heteroatoms. The van der Waals surface area contributed by atoms with E-state index in [2.05, 4.69) is 29.9 Å². The number of aromatic nitrogens is 6.